The molecular formula is C18H14NO+. The van der Waals surface area contributed by atoms with Crippen LogP contribution in [0.3, 0.4) is 0 Å². The zero-order chi connectivity index (χ0) is 13.5. The molecule has 2 nitrogen and oxygen atoms in total. The minimum atomic E-state index is 0.875. The first kappa shape index (κ1) is 11.2. The molecule has 96 valence electrons. The number of aryl methyl sites for hydroxylation is 1. The van der Waals surface area contributed by atoms with Gasteiger partial charge in [0.25, 0.3) is 0 Å². The lowest BCUT2D eigenvalue weighted by molar-refractivity contribution is -0.483. The second kappa shape index (κ2) is 4.20. The molecule has 0 radical (unpaired) electrons. The van der Waals surface area contributed by atoms with Crippen molar-refractivity contribution >= 4 is 16.6 Å². The Balaban J connectivity index is 2.07. The summed E-state index contributed by atoms with van der Waals surface area (Å²) >= 11 is 0. The van der Waals surface area contributed by atoms with Gasteiger partial charge in [0, 0.05) is 11.6 Å². The maximum atomic E-state index is 6.01. The van der Waals surface area contributed by atoms with E-state index in [1.165, 1.54) is 16.5 Å². The highest BCUT2D eigenvalue weighted by molar-refractivity contribution is 5.80. The average Bonchev–Trinajstić information content (AvgIpc) is 2.93. The fourth-order valence-corrected chi connectivity index (χ4v) is 2.67. The van der Waals surface area contributed by atoms with Gasteiger partial charge in [-0.3, -0.25) is 0 Å². The third kappa shape index (κ3) is 1.62. The minimum Gasteiger partial charge on any atom is -0.398 e. The van der Waals surface area contributed by atoms with Gasteiger partial charge in [-0.15, -0.1) is 4.40 Å². The van der Waals surface area contributed by atoms with Crippen LogP contribution in [0.4, 0.5) is 0 Å². The molecule has 2 heterocycles. The lowest BCUT2D eigenvalue weighted by atomic mass is 10.1. The van der Waals surface area contributed by atoms with Crippen LogP contribution in [-0.2, 0) is 0 Å². The van der Waals surface area contributed by atoms with E-state index >= 15 is 0 Å². The molecule has 0 unspecified atom stereocenters. The molecule has 0 fully saturated rings. The van der Waals surface area contributed by atoms with Gasteiger partial charge in [0.15, 0.2) is 0 Å². The van der Waals surface area contributed by atoms with Gasteiger partial charge in [0.2, 0.25) is 17.5 Å². The molecule has 4 rings (SSSR count). The molecule has 0 amide bonds. The quantitative estimate of drug-likeness (QED) is 0.470. The first-order valence-corrected chi connectivity index (χ1v) is 6.72. The highest BCUT2D eigenvalue weighted by atomic mass is 16.3. The summed E-state index contributed by atoms with van der Waals surface area (Å²) in [6, 6.07) is 20.7. The zero-order valence-corrected chi connectivity index (χ0v) is 11.2. The minimum absolute atomic E-state index is 0.875. The first-order valence-electron chi connectivity index (χ1n) is 6.72. The Kier molecular flexibility index (Phi) is 2.36. The third-order valence-corrected chi connectivity index (χ3v) is 3.69. The highest BCUT2D eigenvalue weighted by Gasteiger charge is 2.18. The number of fused-ring (bicyclic) bond motifs is 3. The lowest BCUT2D eigenvalue weighted by Gasteiger charge is -1.95. The lowest BCUT2D eigenvalue weighted by Crippen LogP contribution is -2.19. The van der Waals surface area contributed by atoms with Crippen LogP contribution in [0.2, 0.25) is 0 Å². The summed E-state index contributed by atoms with van der Waals surface area (Å²) in [5.74, 6) is 0.890. The summed E-state index contributed by atoms with van der Waals surface area (Å²) in [7, 11) is 0. The van der Waals surface area contributed by atoms with Gasteiger partial charge in [0.1, 0.15) is 0 Å². The summed E-state index contributed by atoms with van der Waals surface area (Å²) < 4.78 is 8.12. The van der Waals surface area contributed by atoms with Gasteiger partial charge in [-0.25, -0.2) is 0 Å². The van der Waals surface area contributed by atoms with Gasteiger partial charge in [-0.1, -0.05) is 42.5 Å². The van der Waals surface area contributed by atoms with E-state index in [2.05, 4.69) is 60.0 Å². The topological polar surface area (TPSA) is 17.2 Å². The number of para-hydroxylation sites is 1. The van der Waals surface area contributed by atoms with Crippen LogP contribution in [0, 0.1) is 6.92 Å². The van der Waals surface area contributed by atoms with Crippen molar-refractivity contribution in [1.29, 1.82) is 0 Å². The molecule has 2 aromatic carbocycles. The van der Waals surface area contributed by atoms with Crippen molar-refractivity contribution in [2.24, 2.45) is 0 Å². The van der Waals surface area contributed by atoms with E-state index < -0.39 is 0 Å². The fourth-order valence-electron chi connectivity index (χ4n) is 2.67. The monoisotopic (exact) mass is 260 g/mol. The summed E-state index contributed by atoms with van der Waals surface area (Å²) in [5, 5.41) is 1.26. The fraction of sp³-hybridized carbons (Fsp3) is 0.0556. The standard InChI is InChI=1S/C18H14NO/c1-13-11-18-19(16-10-6-5-9-15(13)16)12-17(20-18)14-7-3-2-4-8-14/h2-12H,1H3/q+1. The van der Waals surface area contributed by atoms with E-state index in [1.807, 2.05) is 18.2 Å². The van der Waals surface area contributed by atoms with Crippen LogP contribution in [-0.4, -0.2) is 0 Å². The molecule has 0 N–H and O–H groups in total. The van der Waals surface area contributed by atoms with E-state index in [9.17, 15) is 0 Å². The number of nitrogens with zero attached hydrogens (tertiary/aromatic N) is 1. The second-order valence-electron chi connectivity index (χ2n) is 5.01. The number of rotatable bonds is 1. The molecule has 2 aromatic heterocycles. The third-order valence-electron chi connectivity index (χ3n) is 3.69. The summed E-state index contributed by atoms with van der Waals surface area (Å²) in [6.07, 6.45) is 2.06. The van der Waals surface area contributed by atoms with Crippen LogP contribution in [0.1, 0.15) is 5.56 Å². The Bertz CT molecular complexity index is 907. The number of pyridine rings is 1. The van der Waals surface area contributed by atoms with Crippen molar-refractivity contribution in [3.05, 3.63) is 72.4 Å². The molecular weight excluding hydrogens is 246 g/mol. The summed E-state index contributed by atoms with van der Waals surface area (Å²) in [5.41, 5.74) is 4.38. The van der Waals surface area contributed by atoms with Gasteiger partial charge >= 0.3 is 5.71 Å². The summed E-state index contributed by atoms with van der Waals surface area (Å²) in [6.45, 7) is 2.12. The number of oxazole rings is 1. The Morgan fingerprint density at radius 2 is 1.65 bits per heavy atom. The molecule has 4 aromatic rings. The Labute approximate surface area is 116 Å². The van der Waals surface area contributed by atoms with Crippen LogP contribution in [0.5, 0.6) is 0 Å². The van der Waals surface area contributed by atoms with Crippen molar-refractivity contribution in [2.45, 2.75) is 6.92 Å². The largest absolute Gasteiger partial charge is 0.398 e. The van der Waals surface area contributed by atoms with Crippen molar-refractivity contribution in [2.75, 3.05) is 0 Å². The molecule has 0 saturated heterocycles. The van der Waals surface area contributed by atoms with Crippen LogP contribution in [0.15, 0.2) is 71.3 Å². The predicted octanol–water partition coefficient (Wildman–Crippen LogP) is 4.15. The van der Waals surface area contributed by atoms with Gasteiger partial charge in [-0.2, -0.15) is 0 Å². The van der Waals surface area contributed by atoms with Gasteiger partial charge < -0.3 is 4.42 Å². The maximum absolute atomic E-state index is 6.01. The number of benzene rings is 2. The Morgan fingerprint density at radius 3 is 2.50 bits per heavy atom. The van der Waals surface area contributed by atoms with E-state index in [0.29, 0.717) is 0 Å². The Hall–Kier alpha value is -2.61. The molecule has 0 atom stereocenters. The van der Waals surface area contributed by atoms with E-state index in [1.54, 1.807) is 0 Å². The average molecular weight is 260 g/mol. The first-order chi connectivity index (χ1) is 9.83. The number of hydrogen-bond donors (Lipinski definition) is 0. The molecule has 20 heavy (non-hydrogen) atoms. The molecule has 0 saturated carbocycles. The second-order valence-corrected chi connectivity index (χ2v) is 5.01. The maximum Gasteiger partial charge on any atom is 0.379 e. The van der Waals surface area contributed by atoms with E-state index in [0.717, 1.165) is 17.0 Å². The van der Waals surface area contributed by atoms with E-state index in [-0.39, 0.29) is 0 Å². The van der Waals surface area contributed by atoms with Gasteiger partial charge in [-0.05, 0) is 18.6 Å². The zero-order valence-electron chi connectivity index (χ0n) is 11.2. The number of hydrogen-bond acceptors (Lipinski definition) is 1. The molecule has 0 aliphatic carbocycles. The van der Waals surface area contributed by atoms with Crippen LogP contribution < -0.4 is 4.40 Å². The number of aromatic nitrogens is 1. The van der Waals surface area contributed by atoms with Crippen molar-refractivity contribution < 1.29 is 8.82 Å². The molecule has 0 aliphatic rings. The SMILES string of the molecule is Cc1cc2oc(-c3ccccc3)c[n+]2c2ccccc12. The Morgan fingerprint density at radius 1 is 0.900 bits per heavy atom. The van der Waals surface area contributed by atoms with Gasteiger partial charge in [0.05, 0.1) is 11.5 Å². The smallest absolute Gasteiger partial charge is 0.379 e. The highest BCUT2D eigenvalue weighted by Crippen LogP contribution is 2.23. The molecule has 0 spiro atoms. The molecule has 2 heteroatoms. The molecule has 0 aliphatic heterocycles. The summed E-state index contributed by atoms with van der Waals surface area (Å²) in [4.78, 5) is 0. The van der Waals surface area contributed by atoms with Crippen molar-refractivity contribution in [3.8, 4) is 11.3 Å². The molecule has 0 bridgehead atoms. The van der Waals surface area contributed by atoms with E-state index in [4.69, 9.17) is 4.42 Å². The van der Waals surface area contributed by atoms with Crippen LogP contribution >= 0.6 is 0 Å². The normalized spacial score (nSPS) is 11.2. The van der Waals surface area contributed by atoms with Crippen molar-refractivity contribution in [3.63, 3.8) is 0 Å². The van der Waals surface area contributed by atoms with Crippen molar-refractivity contribution in [1.82, 2.24) is 0 Å². The van der Waals surface area contributed by atoms with Crippen LogP contribution in [0.25, 0.3) is 27.9 Å². The predicted molar refractivity (Wildman–Crippen MR) is 79.5 cm³/mol.